The Bertz CT molecular complexity index is 734. The normalized spacial score (nSPS) is 10.9. The van der Waals surface area contributed by atoms with Gasteiger partial charge in [-0.05, 0) is 24.6 Å². The maximum atomic E-state index is 12.0. The number of hydrogen-bond acceptors (Lipinski definition) is 6. The van der Waals surface area contributed by atoms with Crippen LogP contribution in [0, 0.1) is 0 Å². The van der Waals surface area contributed by atoms with Crippen molar-refractivity contribution in [1.82, 2.24) is 4.98 Å². The third kappa shape index (κ3) is 6.02. The highest BCUT2D eigenvalue weighted by Gasteiger charge is 2.13. The first-order chi connectivity index (χ1) is 12.0. The number of carbonyl (C=O) groups is 2. The molecule has 1 amide bonds. The molecule has 2 aromatic rings. The third-order valence-electron chi connectivity index (χ3n) is 3.27. The van der Waals surface area contributed by atoms with Crippen LogP contribution in [0.4, 0.5) is 5.13 Å². The first kappa shape index (κ1) is 19.8. The van der Waals surface area contributed by atoms with Gasteiger partial charge in [0.15, 0.2) is 5.13 Å². The molecule has 0 fully saturated rings. The van der Waals surface area contributed by atoms with E-state index in [1.165, 1.54) is 11.3 Å². The number of methoxy groups -OCH3 is 1. The zero-order valence-corrected chi connectivity index (χ0v) is 15.9. The summed E-state index contributed by atoms with van der Waals surface area (Å²) in [6.07, 6.45) is 0.209. The quantitative estimate of drug-likeness (QED) is 0.507. The van der Waals surface area contributed by atoms with Crippen molar-refractivity contribution in [3.8, 4) is 5.75 Å². The molecule has 9 heteroatoms. The van der Waals surface area contributed by atoms with Gasteiger partial charge < -0.3 is 14.8 Å². The third-order valence-corrected chi connectivity index (χ3v) is 4.89. The number of aromatic nitrogens is 1. The summed E-state index contributed by atoms with van der Waals surface area (Å²) in [7, 11) is 1.60. The summed E-state index contributed by atoms with van der Waals surface area (Å²) in [6.45, 7) is 0. The molecule has 0 unspecified atom stereocenters. The van der Waals surface area contributed by atoms with Crippen LogP contribution in [0.25, 0.3) is 10.2 Å². The Kier molecular flexibility index (Phi) is 7.74. The molecular weight excluding hydrogens is 387 g/mol. The Labute approximate surface area is 159 Å². The summed E-state index contributed by atoms with van der Waals surface area (Å²) in [5.74, 6) is 0.423. The van der Waals surface area contributed by atoms with E-state index in [1.807, 2.05) is 18.2 Å². The lowest BCUT2D eigenvalue weighted by Gasteiger charge is -2.11. The van der Waals surface area contributed by atoms with E-state index >= 15 is 0 Å². The second kappa shape index (κ2) is 9.79. The molecule has 0 saturated heterocycles. The van der Waals surface area contributed by atoms with Crippen molar-refractivity contribution in [2.45, 2.75) is 25.4 Å². The molecule has 0 atom stereocenters. The lowest BCUT2D eigenvalue weighted by molar-refractivity contribution is -0.147. The van der Waals surface area contributed by atoms with Crippen LogP contribution in [-0.2, 0) is 14.3 Å². The van der Waals surface area contributed by atoms with E-state index in [-0.39, 0.29) is 30.5 Å². The van der Waals surface area contributed by atoms with Gasteiger partial charge in [0, 0.05) is 12.8 Å². The largest absolute Gasteiger partial charge is 0.497 e. The molecule has 25 heavy (non-hydrogen) atoms. The van der Waals surface area contributed by atoms with Crippen LogP contribution in [-0.4, -0.2) is 41.8 Å². The highest BCUT2D eigenvalue weighted by molar-refractivity contribution is 7.22. The lowest BCUT2D eigenvalue weighted by atomic mass is 10.2. The molecule has 1 aromatic carbocycles. The first-order valence-electron chi connectivity index (χ1n) is 7.61. The minimum Gasteiger partial charge on any atom is -0.497 e. The monoisotopic (exact) mass is 404 g/mol. The minimum absolute atomic E-state index is 0.134. The molecule has 0 aliphatic rings. The van der Waals surface area contributed by atoms with E-state index in [9.17, 15) is 9.59 Å². The predicted molar refractivity (Wildman–Crippen MR) is 100.0 cm³/mol. The van der Waals surface area contributed by atoms with Crippen molar-refractivity contribution < 1.29 is 19.1 Å². The second-order valence-corrected chi connectivity index (χ2v) is 6.82. The Hall–Kier alpha value is -1.57. The highest BCUT2D eigenvalue weighted by atomic mass is 35.5. The highest BCUT2D eigenvalue weighted by Crippen LogP contribution is 2.29. The Morgan fingerprint density at radius 2 is 2.04 bits per heavy atom. The van der Waals surface area contributed by atoms with Gasteiger partial charge >= 0.3 is 5.97 Å². The number of fused-ring (bicyclic) bond motifs is 1. The number of halogens is 2. The van der Waals surface area contributed by atoms with E-state index in [2.05, 4.69) is 10.3 Å². The number of carbonyl (C=O) groups excluding carboxylic acids is 2. The summed E-state index contributed by atoms with van der Waals surface area (Å²) >= 11 is 12.6. The number of thiazole rings is 1. The average Bonchev–Trinajstić information content (AvgIpc) is 3.00. The number of rotatable bonds is 9. The molecule has 0 saturated carbocycles. The molecule has 6 nitrogen and oxygen atoms in total. The molecular formula is C16H18Cl2N2O4S. The molecule has 2 rings (SSSR count). The van der Waals surface area contributed by atoms with Gasteiger partial charge in [-0.15, -0.1) is 23.2 Å². The van der Waals surface area contributed by atoms with Gasteiger partial charge in [0.05, 0.1) is 29.1 Å². The number of amides is 1. The fraction of sp³-hybridized carbons (Fsp3) is 0.438. The maximum absolute atomic E-state index is 12.0. The molecule has 0 aliphatic heterocycles. The first-order valence-corrected chi connectivity index (χ1v) is 9.50. The summed E-state index contributed by atoms with van der Waals surface area (Å²) in [5.41, 5.74) is 0.790. The zero-order chi connectivity index (χ0) is 18.2. The van der Waals surface area contributed by atoms with Crippen molar-refractivity contribution in [3.05, 3.63) is 18.2 Å². The number of nitrogens with zero attached hydrogens (tertiary/aromatic N) is 1. The molecule has 1 aromatic heterocycles. The lowest BCUT2D eigenvalue weighted by Crippen LogP contribution is -2.21. The standard InChI is InChI=1S/C16H18Cl2N2O4S/c1-23-10-5-6-12-13(7-10)25-16(19-12)20-14(21)3-2-4-15(22)24-11(8-17)9-18/h5-7,11H,2-4,8-9H2,1H3,(H,19,20,21). The topological polar surface area (TPSA) is 77.5 Å². The molecule has 136 valence electrons. The number of esters is 1. The average molecular weight is 405 g/mol. The summed E-state index contributed by atoms with van der Waals surface area (Å²) in [6, 6.07) is 5.51. The predicted octanol–water partition coefficient (Wildman–Crippen LogP) is 3.80. The van der Waals surface area contributed by atoms with Crippen molar-refractivity contribution in [1.29, 1.82) is 0 Å². The SMILES string of the molecule is COc1ccc2nc(NC(=O)CCCC(=O)OC(CCl)CCl)sc2c1. The van der Waals surface area contributed by atoms with Crippen LogP contribution in [0.1, 0.15) is 19.3 Å². The number of benzene rings is 1. The molecule has 0 bridgehead atoms. The fourth-order valence-corrected chi connectivity index (χ4v) is 3.38. The number of alkyl halides is 2. The van der Waals surface area contributed by atoms with Gasteiger partial charge in [-0.25, -0.2) is 4.98 Å². The second-order valence-electron chi connectivity index (χ2n) is 5.17. The van der Waals surface area contributed by atoms with Crippen LogP contribution in [0.15, 0.2) is 18.2 Å². The molecule has 0 radical (unpaired) electrons. The molecule has 0 spiro atoms. The summed E-state index contributed by atoms with van der Waals surface area (Å²) in [4.78, 5) is 27.9. The number of anilines is 1. The van der Waals surface area contributed by atoms with Crippen molar-refractivity contribution in [2.24, 2.45) is 0 Å². The summed E-state index contributed by atoms with van der Waals surface area (Å²) in [5, 5.41) is 3.25. The van der Waals surface area contributed by atoms with E-state index in [4.69, 9.17) is 32.7 Å². The zero-order valence-electron chi connectivity index (χ0n) is 13.6. The molecule has 1 N–H and O–H groups in total. The van der Waals surface area contributed by atoms with Crippen molar-refractivity contribution in [2.75, 3.05) is 24.2 Å². The smallest absolute Gasteiger partial charge is 0.306 e. The minimum atomic E-state index is -0.496. The van der Waals surface area contributed by atoms with Gasteiger partial charge in [0.2, 0.25) is 5.91 Å². The van der Waals surface area contributed by atoms with Crippen LogP contribution in [0.2, 0.25) is 0 Å². The fourth-order valence-electron chi connectivity index (χ4n) is 2.01. The number of hydrogen-bond donors (Lipinski definition) is 1. The van der Waals surface area contributed by atoms with Gasteiger partial charge in [-0.2, -0.15) is 0 Å². The van der Waals surface area contributed by atoms with Crippen LogP contribution in [0.3, 0.4) is 0 Å². The van der Waals surface area contributed by atoms with Gasteiger partial charge in [0.25, 0.3) is 0 Å². The van der Waals surface area contributed by atoms with Crippen LogP contribution >= 0.6 is 34.5 Å². The van der Waals surface area contributed by atoms with Crippen molar-refractivity contribution >= 4 is 61.8 Å². The van der Waals surface area contributed by atoms with E-state index in [0.717, 1.165) is 16.0 Å². The summed E-state index contributed by atoms with van der Waals surface area (Å²) < 4.78 is 11.1. The maximum Gasteiger partial charge on any atom is 0.306 e. The Morgan fingerprint density at radius 3 is 2.72 bits per heavy atom. The molecule has 1 heterocycles. The Morgan fingerprint density at radius 1 is 1.28 bits per heavy atom. The van der Waals surface area contributed by atoms with E-state index < -0.39 is 12.1 Å². The number of nitrogens with one attached hydrogen (secondary N) is 1. The molecule has 0 aliphatic carbocycles. The van der Waals surface area contributed by atoms with Gasteiger partial charge in [-0.3, -0.25) is 9.59 Å². The Balaban J connectivity index is 1.79. The number of ether oxygens (including phenoxy) is 2. The van der Waals surface area contributed by atoms with Gasteiger partial charge in [0.1, 0.15) is 11.9 Å². The van der Waals surface area contributed by atoms with E-state index in [0.29, 0.717) is 11.6 Å². The van der Waals surface area contributed by atoms with E-state index in [1.54, 1.807) is 7.11 Å². The van der Waals surface area contributed by atoms with Crippen LogP contribution < -0.4 is 10.1 Å². The van der Waals surface area contributed by atoms with Gasteiger partial charge in [-0.1, -0.05) is 11.3 Å². The van der Waals surface area contributed by atoms with Crippen molar-refractivity contribution in [3.63, 3.8) is 0 Å². The van der Waals surface area contributed by atoms with Crippen LogP contribution in [0.5, 0.6) is 5.75 Å².